The van der Waals surface area contributed by atoms with Crippen molar-refractivity contribution in [2.45, 2.75) is 218 Å². The van der Waals surface area contributed by atoms with Crippen molar-refractivity contribution in [3.8, 4) is 0 Å². The standard InChI is InChI=1S/C44H79NO2/c1-5-7-9-11-13-15-17-19-21-23-25-27-29-31-33-35-37-44(46-42-39-41(45(3)4)40-43(42)47-44)38-36-34-32-30-28-26-24-22-20-18-16-14-12-10-8-6-2/h13-16,19-22,41-43H,5-12,17-18,23-40H2,1-4H3/b15-13-,16-14?,21-19-,22-20?/t41?,42-,43+,44?. The maximum Gasteiger partial charge on any atom is 0.169 e. The van der Waals surface area contributed by atoms with Crippen LogP contribution in [0.2, 0.25) is 0 Å². The first-order chi connectivity index (χ1) is 23.1. The van der Waals surface area contributed by atoms with E-state index >= 15 is 0 Å². The average molecular weight is 654 g/mol. The Kier molecular flexibility index (Phi) is 25.6. The third-order valence-corrected chi connectivity index (χ3v) is 10.4. The zero-order valence-corrected chi connectivity index (χ0v) is 31.9. The monoisotopic (exact) mass is 654 g/mol. The molecule has 47 heavy (non-hydrogen) atoms. The number of unbranched alkanes of at least 4 members (excludes halogenated alkanes) is 18. The van der Waals surface area contributed by atoms with Gasteiger partial charge in [-0.05, 0) is 104 Å². The first-order valence-electron chi connectivity index (χ1n) is 20.7. The summed E-state index contributed by atoms with van der Waals surface area (Å²) in [4.78, 5) is 2.36. The minimum Gasteiger partial charge on any atom is -0.344 e. The molecule has 272 valence electrons. The van der Waals surface area contributed by atoms with E-state index in [1.54, 1.807) is 0 Å². The SMILES string of the molecule is CCCCCC=CCC=CCCCCCCCCC1(CCCCCCCC/C=C\C/C=C\CCCCC)O[C@H]2CC(N(C)C)C[C@H]2O1. The van der Waals surface area contributed by atoms with Gasteiger partial charge in [-0.25, -0.2) is 0 Å². The van der Waals surface area contributed by atoms with Crippen molar-refractivity contribution in [1.82, 2.24) is 4.90 Å². The van der Waals surface area contributed by atoms with E-state index in [0.717, 1.165) is 38.5 Å². The fourth-order valence-corrected chi connectivity index (χ4v) is 7.31. The molecule has 0 radical (unpaired) electrons. The summed E-state index contributed by atoms with van der Waals surface area (Å²) in [5.74, 6) is -0.308. The number of hydrogen-bond donors (Lipinski definition) is 0. The van der Waals surface area contributed by atoms with E-state index in [1.165, 1.54) is 141 Å². The summed E-state index contributed by atoms with van der Waals surface area (Å²) in [7, 11) is 4.40. The average Bonchev–Trinajstić information content (AvgIpc) is 3.61. The minimum absolute atomic E-state index is 0.302. The van der Waals surface area contributed by atoms with Gasteiger partial charge in [-0.1, -0.05) is 140 Å². The van der Waals surface area contributed by atoms with Crippen LogP contribution in [0.3, 0.4) is 0 Å². The highest BCUT2D eigenvalue weighted by molar-refractivity contribution is 4.97. The highest BCUT2D eigenvalue weighted by Gasteiger charge is 2.51. The second-order valence-electron chi connectivity index (χ2n) is 15.0. The molecule has 0 amide bonds. The molecule has 1 aliphatic carbocycles. The first-order valence-corrected chi connectivity index (χ1v) is 20.7. The second kappa shape index (κ2) is 28.7. The summed E-state index contributed by atoms with van der Waals surface area (Å²) in [6.45, 7) is 4.54. The normalized spacial score (nSPS) is 23.2. The summed E-state index contributed by atoms with van der Waals surface area (Å²) in [6.07, 6.45) is 55.0. The topological polar surface area (TPSA) is 21.7 Å². The van der Waals surface area contributed by atoms with E-state index in [-0.39, 0.29) is 5.79 Å². The van der Waals surface area contributed by atoms with E-state index in [9.17, 15) is 0 Å². The summed E-state index contributed by atoms with van der Waals surface area (Å²) in [5, 5.41) is 0. The Morgan fingerprint density at radius 1 is 0.468 bits per heavy atom. The van der Waals surface area contributed by atoms with Crippen LogP contribution < -0.4 is 0 Å². The zero-order valence-electron chi connectivity index (χ0n) is 31.9. The molecule has 2 fully saturated rings. The van der Waals surface area contributed by atoms with Gasteiger partial charge in [0.25, 0.3) is 0 Å². The Hall–Kier alpha value is -1.16. The molecule has 3 heteroatoms. The Labute approximate surface area is 294 Å². The molecule has 1 aliphatic heterocycles. The molecule has 0 N–H and O–H groups in total. The van der Waals surface area contributed by atoms with Gasteiger partial charge in [-0.3, -0.25) is 0 Å². The Balaban J connectivity index is 1.55. The third kappa shape index (κ3) is 20.8. The van der Waals surface area contributed by atoms with Crippen molar-refractivity contribution in [3.63, 3.8) is 0 Å². The van der Waals surface area contributed by atoms with Crippen molar-refractivity contribution in [3.05, 3.63) is 48.6 Å². The molecule has 2 aliphatic rings. The summed E-state index contributed by atoms with van der Waals surface area (Å²) >= 11 is 0. The van der Waals surface area contributed by atoms with Gasteiger partial charge in [0, 0.05) is 18.9 Å². The fourth-order valence-electron chi connectivity index (χ4n) is 7.31. The van der Waals surface area contributed by atoms with Crippen molar-refractivity contribution in [2.24, 2.45) is 0 Å². The largest absolute Gasteiger partial charge is 0.344 e. The van der Waals surface area contributed by atoms with Crippen LogP contribution in [0.1, 0.15) is 194 Å². The van der Waals surface area contributed by atoms with Crippen molar-refractivity contribution >= 4 is 0 Å². The molecule has 1 heterocycles. The number of rotatable bonds is 31. The van der Waals surface area contributed by atoms with Crippen molar-refractivity contribution in [1.29, 1.82) is 0 Å². The molecule has 3 nitrogen and oxygen atoms in total. The van der Waals surface area contributed by atoms with E-state index < -0.39 is 0 Å². The smallest absolute Gasteiger partial charge is 0.169 e. The second-order valence-corrected chi connectivity index (χ2v) is 15.0. The van der Waals surface area contributed by atoms with Gasteiger partial charge in [0.05, 0.1) is 12.2 Å². The van der Waals surface area contributed by atoms with Gasteiger partial charge in [-0.2, -0.15) is 0 Å². The maximum absolute atomic E-state index is 6.83. The van der Waals surface area contributed by atoms with Crippen LogP contribution in [0.4, 0.5) is 0 Å². The van der Waals surface area contributed by atoms with E-state index in [2.05, 4.69) is 81.5 Å². The molecule has 0 aromatic carbocycles. The lowest BCUT2D eigenvalue weighted by Crippen LogP contribution is -2.34. The maximum atomic E-state index is 6.83. The molecule has 1 saturated heterocycles. The lowest BCUT2D eigenvalue weighted by atomic mass is 9.98. The van der Waals surface area contributed by atoms with E-state index in [4.69, 9.17) is 9.47 Å². The van der Waals surface area contributed by atoms with E-state index in [0.29, 0.717) is 18.2 Å². The minimum atomic E-state index is -0.308. The predicted molar refractivity (Wildman–Crippen MR) is 207 cm³/mol. The summed E-state index contributed by atoms with van der Waals surface area (Å²) < 4.78 is 13.7. The van der Waals surface area contributed by atoms with E-state index in [1.807, 2.05) is 0 Å². The van der Waals surface area contributed by atoms with Crippen molar-refractivity contribution in [2.75, 3.05) is 14.1 Å². The van der Waals surface area contributed by atoms with Crippen LogP contribution in [-0.4, -0.2) is 43.0 Å². The first kappa shape index (κ1) is 42.0. The van der Waals surface area contributed by atoms with Gasteiger partial charge in [0.15, 0.2) is 5.79 Å². The molecule has 0 aromatic heterocycles. The lowest BCUT2D eigenvalue weighted by Gasteiger charge is -2.31. The number of allylic oxidation sites excluding steroid dienone is 8. The molecule has 0 aromatic rings. The summed E-state index contributed by atoms with van der Waals surface area (Å²) in [6, 6.07) is 0.603. The molecule has 2 rings (SSSR count). The Morgan fingerprint density at radius 2 is 0.809 bits per heavy atom. The van der Waals surface area contributed by atoms with Gasteiger partial charge >= 0.3 is 0 Å². The Morgan fingerprint density at radius 3 is 1.17 bits per heavy atom. The van der Waals surface area contributed by atoms with Crippen LogP contribution >= 0.6 is 0 Å². The molecule has 2 unspecified atom stereocenters. The third-order valence-electron chi connectivity index (χ3n) is 10.4. The molecule has 4 atom stereocenters. The van der Waals surface area contributed by atoms with Crippen LogP contribution in [0.5, 0.6) is 0 Å². The van der Waals surface area contributed by atoms with Crippen LogP contribution in [0.25, 0.3) is 0 Å². The molecular formula is C44H79NO2. The van der Waals surface area contributed by atoms with Gasteiger partial charge in [0.1, 0.15) is 0 Å². The number of nitrogens with zero attached hydrogens (tertiary/aromatic N) is 1. The molecule has 0 bridgehead atoms. The van der Waals surface area contributed by atoms with Crippen molar-refractivity contribution < 1.29 is 9.47 Å². The fraction of sp³-hybridized carbons (Fsp3) is 0.818. The predicted octanol–water partition coefficient (Wildman–Crippen LogP) is 13.6. The molecule has 1 saturated carbocycles. The lowest BCUT2D eigenvalue weighted by molar-refractivity contribution is -0.193. The van der Waals surface area contributed by atoms with Crippen LogP contribution in [0, 0.1) is 0 Å². The molecular weight excluding hydrogens is 574 g/mol. The highest BCUT2D eigenvalue weighted by Crippen LogP contribution is 2.44. The highest BCUT2D eigenvalue weighted by atomic mass is 16.8. The quantitative estimate of drug-likeness (QED) is 0.0549. The number of hydrogen-bond acceptors (Lipinski definition) is 3. The summed E-state index contributed by atoms with van der Waals surface area (Å²) in [5.41, 5.74) is 0. The number of ether oxygens (including phenoxy) is 2. The zero-order chi connectivity index (χ0) is 33.7. The number of fused-ring (bicyclic) bond motifs is 1. The van der Waals surface area contributed by atoms with Gasteiger partial charge in [0.2, 0.25) is 0 Å². The van der Waals surface area contributed by atoms with Crippen LogP contribution in [0.15, 0.2) is 48.6 Å². The molecule has 0 spiro atoms. The van der Waals surface area contributed by atoms with Crippen LogP contribution in [-0.2, 0) is 9.47 Å². The Bertz CT molecular complexity index is 763. The van der Waals surface area contributed by atoms with Gasteiger partial charge in [-0.15, -0.1) is 0 Å². The van der Waals surface area contributed by atoms with Gasteiger partial charge < -0.3 is 14.4 Å².